The quantitative estimate of drug-likeness (QED) is 0.890. The van der Waals surface area contributed by atoms with Crippen molar-refractivity contribution >= 4 is 17.5 Å². The van der Waals surface area contributed by atoms with Gasteiger partial charge in [0.1, 0.15) is 5.75 Å². The van der Waals surface area contributed by atoms with Crippen LogP contribution in [0.3, 0.4) is 0 Å². The van der Waals surface area contributed by atoms with Crippen LogP contribution in [0.5, 0.6) is 5.75 Å². The standard InChI is InChI=1S/C13H19ClN2O2/c1-4-16(9-12(17)15(2)3)8-10-6-5-7-11(14)13(10)18/h5-7,18H,4,8-9H2,1-3H3. The first-order valence-corrected chi connectivity index (χ1v) is 6.22. The molecule has 4 nitrogen and oxygen atoms in total. The molecule has 5 heteroatoms. The van der Waals surface area contributed by atoms with Crippen molar-refractivity contribution < 1.29 is 9.90 Å². The largest absolute Gasteiger partial charge is 0.506 e. The lowest BCUT2D eigenvalue weighted by atomic mass is 10.2. The summed E-state index contributed by atoms with van der Waals surface area (Å²) in [5, 5.41) is 10.2. The molecule has 0 atom stereocenters. The summed E-state index contributed by atoms with van der Waals surface area (Å²) >= 11 is 5.85. The number of hydrogen-bond donors (Lipinski definition) is 1. The molecule has 0 unspecified atom stereocenters. The third-order valence-corrected chi connectivity index (χ3v) is 3.07. The number of phenolic OH excluding ortho intramolecular Hbond substituents is 1. The van der Waals surface area contributed by atoms with E-state index in [0.717, 1.165) is 12.1 Å². The molecule has 18 heavy (non-hydrogen) atoms. The Labute approximate surface area is 113 Å². The van der Waals surface area contributed by atoms with E-state index in [9.17, 15) is 9.90 Å². The average Bonchev–Trinajstić information content (AvgIpc) is 2.33. The SMILES string of the molecule is CCN(CC(=O)N(C)C)Cc1cccc(Cl)c1O. The minimum atomic E-state index is 0.0402. The van der Waals surface area contributed by atoms with Crippen molar-refractivity contribution in [2.75, 3.05) is 27.2 Å². The number of carbonyl (C=O) groups excluding carboxylic acids is 1. The number of carbonyl (C=O) groups is 1. The molecule has 0 fully saturated rings. The molecule has 0 aliphatic heterocycles. The fourth-order valence-corrected chi connectivity index (χ4v) is 1.73. The topological polar surface area (TPSA) is 43.8 Å². The van der Waals surface area contributed by atoms with Crippen LogP contribution in [0.1, 0.15) is 12.5 Å². The Bertz CT molecular complexity index is 421. The lowest BCUT2D eigenvalue weighted by Crippen LogP contribution is -2.36. The summed E-state index contributed by atoms with van der Waals surface area (Å²) in [6, 6.07) is 5.24. The van der Waals surface area contributed by atoms with Gasteiger partial charge in [-0.2, -0.15) is 0 Å². The summed E-state index contributed by atoms with van der Waals surface area (Å²) in [6.45, 7) is 3.54. The van der Waals surface area contributed by atoms with Gasteiger partial charge in [-0.3, -0.25) is 9.69 Å². The number of para-hydroxylation sites is 1. The Kier molecular flexibility index (Phi) is 5.44. The summed E-state index contributed by atoms with van der Waals surface area (Å²) in [4.78, 5) is 15.2. The fraction of sp³-hybridized carbons (Fsp3) is 0.462. The molecule has 0 saturated heterocycles. The molecule has 1 aromatic carbocycles. The molecule has 0 aliphatic carbocycles. The smallest absolute Gasteiger partial charge is 0.236 e. The Hall–Kier alpha value is -1.26. The summed E-state index contributed by atoms with van der Waals surface area (Å²) in [5.41, 5.74) is 0.732. The first-order chi connectivity index (χ1) is 8.45. The molecule has 1 rings (SSSR count). The molecular formula is C13H19ClN2O2. The van der Waals surface area contributed by atoms with Gasteiger partial charge in [-0.1, -0.05) is 30.7 Å². The average molecular weight is 271 g/mol. The van der Waals surface area contributed by atoms with Gasteiger partial charge in [-0.25, -0.2) is 0 Å². The van der Waals surface area contributed by atoms with E-state index in [-0.39, 0.29) is 11.7 Å². The number of likely N-dealkylation sites (N-methyl/N-ethyl adjacent to an activating group) is 2. The highest BCUT2D eigenvalue weighted by Crippen LogP contribution is 2.27. The van der Waals surface area contributed by atoms with E-state index in [2.05, 4.69) is 0 Å². The molecule has 1 aromatic rings. The van der Waals surface area contributed by atoms with Crippen LogP contribution in [-0.4, -0.2) is 48.0 Å². The van der Waals surface area contributed by atoms with E-state index in [0.29, 0.717) is 18.1 Å². The zero-order valence-corrected chi connectivity index (χ0v) is 11.7. The second kappa shape index (κ2) is 6.61. The van der Waals surface area contributed by atoms with Crippen molar-refractivity contribution in [2.45, 2.75) is 13.5 Å². The number of halogens is 1. The Morgan fingerprint density at radius 2 is 2.06 bits per heavy atom. The first-order valence-electron chi connectivity index (χ1n) is 5.84. The number of aromatic hydroxyl groups is 1. The molecule has 0 aromatic heterocycles. The zero-order chi connectivity index (χ0) is 13.7. The predicted molar refractivity (Wildman–Crippen MR) is 72.8 cm³/mol. The van der Waals surface area contributed by atoms with E-state index in [1.54, 1.807) is 31.1 Å². The van der Waals surface area contributed by atoms with Crippen molar-refractivity contribution in [3.05, 3.63) is 28.8 Å². The van der Waals surface area contributed by atoms with E-state index in [4.69, 9.17) is 11.6 Å². The van der Waals surface area contributed by atoms with Gasteiger partial charge < -0.3 is 10.0 Å². The molecule has 0 bridgehead atoms. The fourth-order valence-electron chi connectivity index (χ4n) is 1.54. The van der Waals surface area contributed by atoms with Gasteiger partial charge in [0.25, 0.3) is 0 Å². The summed E-state index contributed by atoms with van der Waals surface area (Å²) in [6.07, 6.45) is 0. The number of nitrogens with zero attached hydrogens (tertiary/aromatic N) is 2. The summed E-state index contributed by atoms with van der Waals surface area (Å²) < 4.78 is 0. The normalized spacial score (nSPS) is 10.7. The lowest BCUT2D eigenvalue weighted by molar-refractivity contribution is -0.130. The van der Waals surface area contributed by atoms with Gasteiger partial charge >= 0.3 is 0 Å². The maximum atomic E-state index is 11.6. The molecule has 100 valence electrons. The summed E-state index contributed by atoms with van der Waals surface area (Å²) in [5.74, 6) is 0.133. The van der Waals surface area contributed by atoms with Crippen LogP contribution >= 0.6 is 11.6 Å². The third-order valence-electron chi connectivity index (χ3n) is 2.77. The maximum absolute atomic E-state index is 11.6. The molecule has 0 spiro atoms. The van der Waals surface area contributed by atoms with Crippen LogP contribution < -0.4 is 0 Å². The van der Waals surface area contributed by atoms with Crippen LogP contribution in [0, 0.1) is 0 Å². The van der Waals surface area contributed by atoms with Gasteiger partial charge in [-0.15, -0.1) is 0 Å². The van der Waals surface area contributed by atoms with Crippen LogP contribution in [-0.2, 0) is 11.3 Å². The number of hydrogen-bond acceptors (Lipinski definition) is 3. The Morgan fingerprint density at radius 3 is 2.61 bits per heavy atom. The Morgan fingerprint density at radius 1 is 1.39 bits per heavy atom. The molecule has 0 aliphatic rings. The van der Waals surface area contributed by atoms with Gasteiger partial charge in [0, 0.05) is 26.2 Å². The van der Waals surface area contributed by atoms with Crippen LogP contribution in [0.2, 0.25) is 5.02 Å². The molecular weight excluding hydrogens is 252 g/mol. The number of phenols is 1. The van der Waals surface area contributed by atoms with Gasteiger partial charge in [-0.05, 0) is 12.6 Å². The van der Waals surface area contributed by atoms with Crippen molar-refractivity contribution in [3.8, 4) is 5.75 Å². The molecule has 0 heterocycles. The van der Waals surface area contributed by atoms with E-state index in [1.807, 2.05) is 17.9 Å². The van der Waals surface area contributed by atoms with E-state index >= 15 is 0 Å². The lowest BCUT2D eigenvalue weighted by Gasteiger charge is -2.22. The number of amides is 1. The van der Waals surface area contributed by atoms with Crippen molar-refractivity contribution in [1.82, 2.24) is 9.80 Å². The highest BCUT2D eigenvalue weighted by Gasteiger charge is 2.13. The highest BCUT2D eigenvalue weighted by atomic mass is 35.5. The Balaban J connectivity index is 2.74. The van der Waals surface area contributed by atoms with Gasteiger partial charge in [0.05, 0.1) is 11.6 Å². The minimum absolute atomic E-state index is 0.0402. The second-order valence-electron chi connectivity index (χ2n) is 4.34. The zero-order valence-electron chi connectivity index (χ0n) is 11.0. The van der Waals surface area contributed by atoms with Crippen molar-refractivity contribution in [2.24, 2.45) is 0 Å². The van der Waals surface area contributed by atoms with Crippen molar-refractivity contribution in [1.29, 1.82) is 0 Å². The maximum Gasteiger partial charge on any atom is 0.236 e. The van der Waals surface area contributed by atoms with Crippen LogP contribution in [0.15, 0.2) is 18.2 Å². The molecule has 0 saturated carbocycles. The van der Waals surface area contributed by atoms with Crippen molar-refractivity contribution in [3.63, 3.8) is 0 Å². The summed E-state index contributed by atoms with van der Waals surface area (Å²) in [7, 11) is 3.46. The first kappa shape index (κ1) is 14.8. The van der Waals surface area contributed by atoms with E-state index in [1.165, 1.54) is 0 Å². The molecule has 1 amide bonds. The molecule has 1 N–H and O–H groups in total. The van der Waals surface area contributed by atoms with Gasteiger partial charge in [0.2, 0.25) is 5.91 Å². The number of benzene rings is 1. The minimum Gasteiger partial charge on any atom is -0.506 e. The van der Waals surface area contributed by atoms with Crippen LogP contribution in [0.25, 0.3) is 0 Å². The second-order valence-corrected chi connectivity index (χ2v) is 4.75. The van der Waals surface area contributed by atoms with E-state index < -0.39 is 0 Å². The van der Waals surface area contributed by atoms with Gasteiger partial charge in [0.15, 0.2) is 0 Å². The predicted octanol–water partition coefficient (Wildman–Crippen LogP) is 1.96. The molecule has 0 radical (unpaired) electrons. The van der Waals surface area contributed by atoms with Crippen LogP contribution in [0.4, 0.5) is 0 Å². The highest BCUT2D eigenvalue weighted by molar-refractivity contribution is 6.32. The number of rotatable bonds is 5. The third kappa shape index (κ3) is 3.89. The monoisotopic (exact) mass is 270 g/mol.